The Balaban J connectivity index is 2.04. The zero-order valence-corrected chi connectivity index (χ0v) is 12.3. The number of hydrogen-bond acceptors (Lipinski definition) is 5. The average molecular weight is 291 g/mol. The Morgan fingerprint density at radius 2 is 2.00 bits per heavy atom. The van der Waals surface area contributed by atoms with Gasteiger partial charge in [-0.1, -0.05) is 12.1 Å². The summed E-state index contributed by atoms with van der Waals surface area (Å²) >= 11 is 1.72. The standard InChI is InChI=1S/C15H17NO3S/c1-18-15(17)13-5-3-4-6-14(13)16-9-11-7-8-12(19-11)10-20-2/h3-8,16H,9-10H2,1-2H3. The van der Waals surface area contributed by atoms with Crippen LogP contribution in [-0.4, -0.2) is 19.3 Å². The first kappa shape index (κ1) is 14.5. The molecule has 0 atom stereocenters. The lowest BCUT2D eigenvalue weighted by Crippen LogP contribution is -2.07. The van der Waals surface area contributed by atoms with Crippen LogP contribution in [0.5, 0.6) is 0 Å². The van der Waals surface area contributed by atoms with E-state index < -0.39 is 0 Å². The lowest BCUT2D eigenvalue weighted by Gasteiger charge is -2.09. The number of esters is 1. The Bertz CT molecular complexity index is 580. The minimum Gasteiger partial charge on any atom is -0.465 e. The smallest absolute Gasteiger partial charge is 0.339 e. The Morgan fingerprint density at radius 3 is 2.75 bits per heavy atom. The van der Waals surface area contributed by atoms with Crippen molar-refractivity contribution in [3.05, 3.63) is 53.5 Å². The summed E-state index contributed by atoms with van der Waals surface area (Å²) in [6.45, 7) is 0.530. The van der Waals surface area contributed by atoms with Crippen molar-refractivity contribution in [2.75, 3.05) is 18.7 Å². The number of carbonyl (C=O) groups is 1. The summed E-state index contributed by atoms with van der Waals surface area (Å²) in [5.74, 6) is 2.30. The van der Waals surface area contributed by atoms with E-state index in [0.717, 1.165) is 23.0 Å². The third-order valence-electron chi connectivity index (χ3n) is 2.79. The van der Waals surface area contributed by atoms with Crippen molar-refractivity contribution >= 4 is 23.4 Å². The summed E-state index contributed by atoms with van der Waals surface area (Å²) in [6.07, 6.45) is 2.03. The van der Waals surface area contributed by atoms with Crippen LogP contribution in [0.15, 0.2) is 40.8 Å². The number of anilines is 1. The topological polar surface area (TPSA) is 51.5 Å². The fourth-order valence-corrected chi connectivity index (χ4v) is 2.28. The highest BCUT2D eigenvalue weighted by molar-refractivity contribution is 7.97. The van der Waals surface area contributed by atoms with E-state index >= 15 is 0 Å². The minimum atomic E-state index is -0.351. The fraction of sp³-hybridized carbons (Fsp3) is 0.267. The highest BCUT2D eigenvalue weighted by Crippen LogP contribution is 2.18. The van der Waals surface area contributed by atoms with Crippen LogP contribution < -0.4 is 5.32 Å². The van der Waals surface area contributed by atoms with Crippen molar-refractivity contribution in [1.82, 2.24) is 0 Å². The van der Waals surface area contributed by atoms with Gasteiger partial charge >= 0.3 is 5.97 Å². The minimum absolute atomic E-state index is 0.351. The van der Waals surface area contributed by atoms with Crippen LogP contribution in [0.1, 0.15) is 21.9 Å². The second-order valence-electron chi connectivity index (χ2n) is 4.19. The molecule has 0 fully saturated rings. The summed E-state index contributed by atoms with van der Waals surface area (Å²) in [7, 11) is 1.38. The van der Waals surface area contributed by atoms with Gasteiger partial charge in [0.1, 0.15) is 11.5 Å². The van der Waals surface area contributed by atoms with E-state index in [4.69, 9.17) is 9.15 Å². The summed E-state index contributed by atoms with van der Waals surface area (Å²) in [6, 6.07) is 11.2. The Labute approximate surface area is 122 Å². The van der Waals surface area contributed by atoms with Gasteiger partial charge in [-0.3, -0.25) is 0 Å². The van der Waals surface area contributed by atoms with Gasteiger partial charge in [0.25, 0.3) is 0 Å². The van der Waals surface area contributed by atoms with E-state index in [1.165, 1.54) is 7.11 Å². The van der Waals surface area contributed by atoms with Gasteiger partial charge in [-0.25, -0.2) is 4.79 Å². The zero-order chi connectivity index (χ0) is 14.4. The van der Waals surface area contributed by atoms with Crippen molar-refractivity contribution in [1.29, 1.82) is 0 Å². The molecular formula is C15H17NO3S. The van der Waals surface area contributed by atoms with Crippen LogP contribution in [0.4, 0.5) is 5.69 Å². The zero-order valence-electron chi connectivity index (χ0n) is 11.5. The number of furan rings is 1. The van der Waals surface area contributed by atoms with E-state index in [1.54, 1.807) is 23.9 Å². The molecule has 2 rings (SSSR count). The van der Waals surface area contributed by atoms with Crippen molar-refractivity contribution in [2.45, 2.75) is 12.3 Å². The van der Waals surface area contributed by atoms with Gasteiger partial charge in [0.05, 0.1) is 25.0 Å². The Morgan fingerprint density at radius 1 is 1.25 bits per heavy atom. The molecule has 0 bridgehead atoms. The van der Waals surface area contributed by atoms with Crippen molar-refractivity contribution in [2.24, 2.45) is 0 Å². The molecule has 4 nitrogen and oxygen atoms in total. The average Bonchev–Trinajstić information content (AvgIpc) is 2.93. The number of methoxy groups -OCH3 is 1. The van der Waals surface area contributed by atoms with Gasteiger partial charge in [-0.15, -0.1) is 0 Å². The lowest BCUT2D eigenvalue weighted by atomic mass is 10.2. The van der Waals surface area contributed by atoms with Gasteiger partial charge < -0.3 is 14.5 Å². The first-order valence-corrected chi connectivity index (χ1v) is 7.61. The summed E-state index contributed by atoms with van der Waals surface area (Å²) < 4.78 is 10.4. The Kier molecular flexibility index (Phi) is 5.12. The van der Waals surface area contributed by atoms with E-state index in [0.29, 0.717) is 12.1 Å². The molecule has 0 radical (unpaired) electrons. The molecule has 1 N–H and O–H groups in total. The molecule has 1 aromatic heterocycles. The second-order valence-corrected chi connectivity index (χ2v) is 5.06. The predicted molar refractivity (Wildman–Crippen MR) is 81.0 cm³/mol. The lowest BCUT2D eigenvalue weighted by molar-refractivity contribution is 0.0602. The monoisotopic (exact) mass is 291 g/mol. The number of benzene rings is 1. The maximum atomic E-state index is 11.6. The van der Waals surface area contributed by atoms with Crippen LogP contribution >= 0.6 is 11.8 Å². The summed E-state index contributed by atoms with van der Waals surface area (Å²) in [5.41, 5.74) is 1.26. The van der Waals surface area contributed by atoms with E-state index in [-0.39, 0.29) is 5.97 Å². The van der Waals surface area contributed by atoms with Gasteiger partial charge in [-0.05, 0) is 30.5 Å². The quantitative estimate of drug-likeness (QED) is 0.825. The Hall–Kier alpha value is -1.88. The highest BCUT2D eigenvalue weighted by Gasteiger charge is 2.11. The van der Waals surface area contributed by atoms with Crippen molar-refractivity contribution in [3.63, 3.8) is 0 Å². The second kappa shape index (κ2) is 7.05. The third-order valence-corrected chi connectivity index (χ3v) is 3.36. The molecule has 20 heavy (non-hydrogen) atoms. The van der Waals surface area contributed by atoms with Crippen LogP contribution in [0.25, 0.3) is 0 Å². The molecule has 0 aliphatic heterocycles. The largest absolute Gasteiger partial charge is 0.465 e. The van der Waals surface area contributed by atoms with Crippen molar-refractivity contribution in [3.8, 4) is 0 Å². The van der Waals surface area contributed by atoms with Crippen LogP contribution in [-0.2, 0) is 17.0 Å². The first-order chi connectivity index (χ1) is 9.74. The first-order valence-electron chi connectivity index (χ1n) is 6.22. The molecule has 0 amide bonds. The maximum Gasteiger partial charge on any atom is 0.339 e. The molecule has 2 aromatic rings. The summed E-state index contributed by atoms with van der Waals surface area (Å²) in [4.78, 5) is 11.6. The number of nitrogens with one attached hydrogen (secondary N) is 1. The molecule has 0 saturated carbocycles. The van der Waals surface area contributed by atoms with Gasteiger partial charge in [0.2, 0.25) is 0 Å². The molecule has 0 aliphatic rings. The van der Waals surface area contributed by atoms with Gasteiger partial charge in [0.15, 0.2) is 0 Å². The number of carbonyl (C=O) groups excluding carboxylic acids is 1. The fourth-order valence-electron chi connectivity index (χ4n) is 1.84. The molecule has 1 aromatic carbocycles. The van der Waals surface area contributed by atoms with Gasteiger partial charge in [0, 0.05) is 5.69 Å². The molecule has 0 unspecified atom stereocenters. The van der Waals surface area contributed by atoms with E-state index in [1.807, 2.05) is 30.5 Å². The van der Waals surface area contributed by atoms with E-state index in [9.17, 15) is 4.79 Å². The normalized spacial score (nSPS) is 10.3. The summed E-state index contributed by atoms with van der Waals surface area (Å²) in [5, 5.41) is 3.20. The van der Waals surface area contributed by atoms with E-state index in [2.05, 4.69) is 5.32 Å². The molecule has 106 valence electrons. The number of rotatable bonds is 6. The third kappa shape index (κ3) is 3.57. The predicted octanol–water partition coefficient (Wildman–Crippen LogP) is 3.54. The van der Waals surface area contributed by atoms with Crippen LogP contribution in [0.3, 0.4) is 0 Å². The van der Waals surface area contributed by atoms with Gasteiger partial charge in [-0.2, -0.15) is 11.8 Å². The highest BCUT2D eigenvalue weighted by atomic mass is 32.2. The molecular weight excluding hydrogens is 274 g/mol. The molecule has 1 heterocycles. The molecule has 0 aliphatic carbocycles. The molecule has 5 heteroatoms. The molecule has 0 saturated heterocycles. The van der Waals surface area contributed by atoms with Crippen molar-refractivity contribution < 1.29 is 13.9 Å². The molecule has 0 spiro atoms. The number of ether oxygens (including phenoxy) is 1. The SMILES string of the molecule is COC(=O)c1ccccc1NCc1ccc(CSC)o1. The maximum absolute atomic E-state index is 11.6. The van der Waals surface area contributed by atoms with Crippen LogP contribution in [0, 0.1) is 0 Å². The number of thioether (sulfide) groups is 1. The number of hydrogen-bond donors (Lipinski definition) is 1. The number of para-hydroxylation sites is 1. The van der Waals surface area contributed by atoms with Crippen LogP contribution in [0.2, 0.25) is 0 Å².